The van der Waals surface area contributed by atoms with Crippen molar-refractivity contribution in [2.75, 3.05) is 0 Å². The average Bonchev–Trinajstić information content (AvgIpc) is 3.03. The zero-order valence-corrected chi connectivity index (χ0v) is 22.2. The first kappa shape index (κ1) is 26.5. The van der Waals surface area contributed by atoms with Gasteiger partial charge in [0.05, 0.1) is 27.4 Å². The van der Waals surface area contributed by atoms with Gasteiger partial charge in [-0.15, -0.1) is 4.91 Å². The van der Waals surface area contributed by atoms with Crippen LogP contribution in [0.5, 0.6) is 11.5 Å². The molecule has 10 heteroatoms. The van der Waals surface area contributed by atoms with E-state index in [4.69, 9.17) is 4.74 Å². The molecule has 0 radical (unpaired) electrons. The van der Waals surface area contributed by atoms with E-state index in [9.17, 15) is 20.5 Å². The molecule has 0 saturated carbocycles. The van der Waals surface area contributed by atoms with Crippen molar-refractivity contribution in [2.24, 2.45) is 5.29 Å². The molecule has 1 atom stereocenters. The molecule has 0 amide bonds. The molecule has 2 aliphatic rings. The van der Waals surface area contributed by atoms with Gasteiger partial charge in [-0.3, -0.25) is 0 Å². The molecular weight excluding hydrogens is 462 g/mol. The van der Waals surface area contributed by atoms with Gasteiger partial charge in [0.15, 0.2) is 6.17 Å². The lowest BCUT2D eigenvalue weighted by atomic mass is 9.84. The maximum atomic E-state index is 11.7. The Morgan fingerprint density at radius 3 is 1.33 bits per heavy atom. The summed E-state index contributed by atoms with van der Waals surface area (Å²) in [6.07, 6.45) is -1.43. The van der Waals surface area contributed by atoms with E-state index in [1.807, 2.05) is 55.4 Å². The second kappa shape index (κ2) is 8.47. The number of nitroso groups, excluding NO2 is 1. The van der Waals surface area contributed by atoms with E-state index < -0.39 is 34.5 Å². The molecule has 196 valence electrons. The summed E-state index contributed by atoms with van der Waals surface area (Å²) in [4.78, 5) is 11.7. The first-order valence-electron chi connectivity index (χ1n) is 12.0. The average molecular weight is 500 g/mol. The molecule has 0 aliphatic carbocycles. The summed E-state index contributed by atoms with van der Waals surface area (Å²) >= 11 is 0. The van der Waals surface area contributed by atoms with Crippen molar-refractivity contribution in [1.82, 2.24) is 20.2 Å². The quantitative estimate of drug-likeness (QED) is 0.448. The van der Waals surface area contributed by atoms with Crippen molar-refractivity contribution in [3.8, 4) is 11.5 Å². The number of ether oxygens (including phenoxy) is 1. The zero-order valence-electron chi connectivity index (χ0n) is 22.2. The van der Waals surface area contributed by atoms with E-state index >= 15 is 0 Å². The number of hydrogen-bond donors (Lipinski definition) is 3. The molecule has 3 N–H and O–H groups in total. The fourth-order valence-corrected chi connectivity index (χ4v) is 4.81. The van der Waals surface area contributed by atoms with Crippen LogP contribution in [0.15, 0.2) is 53.8 Å². The topological polar surface area (TPSA) is 112 Å². The van der Waals surface area contributed by atoms with Crippen LogP contribution in [0.3, 0.4) is 0 Å². The van der Waals surface area contributed by atoms with Crippen LogP contribution in [0.4, 0.5) is 0 Å². The molecule has 4 rings (SSSR count). The predicted molar refractivity (Wildman–Crippen MR) is 133 cm³/mol. The number of benzene rings is 2. The molecule has 2 aliphatic heterocycles. The Kier molecular flexibility index (Phi) is 6.23. The van der Waals surface area contributed by atoms with Gasteiger partial charge in [-0.1, -0.05) is 24.3 Å². The van der Waals surface area contributed by atoms with Crippen molar-refractivity contribution in [2.45, 2.75) is 89.9 Å². The lowest BCUT2D eigenvalue weighted by Gasteiger charge is -2.37. The first-order valence-corrected chi connectivity index (χ1v) is 12.0. The van der Waals surface area contributed by atoms with Gasteiger partial charge in [-0.25, -0.2) is 5.01 Å². The molecule has 10 nitrogen and oxygen atoms in total. The third-order valence-corrected chi connectivity index (χ3v) is 8.89. The molecule has 2 aromatic carbocycles. The number of rotatable bonds is 5. The summed E-state index contributed by atoms with van der Waals surface area (Å²) in [5.74, 6) is 1.16. The van der Waals surface area contributed by atoms with E-state index in [0.29, 0.717) is 17.1 Å². The summed E-state index contributed by atoms with van der Waals surface area (Å²) in [5, 5.41) is 40.5. The standard InChI is InChI=1S/C26H37N5O5/c1-23(2)24(3,4)29(33)21(28(23)27-32)17-9-13-19(14-10-17)36-20-15-11-18(12-16-20)22-30(34)25(5,6)26(7,8)31(22)35/h9-16,21-22,33-35H,1-8H3. The maximum Gasteiger partial charge on any atom is 0.151 e. The van der Waals surface area contributed by atoms with Gasteiger partial charge in [0, 0.05) is 0 Å². The van der Waals surface area contributed by atoms with Crippen molar-refractivity contribution < 1.29 is 20.4 Å². The second-order valence-corrected chi connectivity index (χ2v) is 11.7. The molecule has 0 spiro atoms. The fourth-order valence-electron chi connectivity index (χ4n) is 4.81. The first-order chi connectivity index (χ1) is 16.6. The van der Waals surface area contributed by atoms with E-state index in [0.717, 1.165) is 5.56 Å². The molecule has 0 bridgehead atoms. The van der Waals surface area contributed by atoms with E-state index in [1.165, 1.54) is 20.2 Å². The summed E-state index contributed by atoms with van der Waals surface area (Å²) in [5.41, 5.74) is -1.32. The van der Waals surface area contributed by atoms with Crippen LogP contribution >= 0.6 is 0 Å². The lowest BCUT2D eigenvalue weighted by molar-refractivity contribution is -0.223. The monoisotopic (exact) mass is 499 g/mol. The summed E-state index contributed by atoms with van der Waals surface area (Å²) < 4.78 is 5.98. The van der Waals surface area contributed by atoms with Gasteiger partial charge < -0.3 is 20.4 Å². The Labute approximate surface area is 212 Å². The van der Waals surface area contributed by atoms with Crippen molar-refractivity contribution in [3.05, 3.63) is 64.6 Å². The van der Waals surface area contributed by atoms with Crippen LogP contribution in [0.2, 0.25) is 0 Å². The van der Waals surface area contributed by atoms with Gasteiger partial charge in [0.25, 0.3) is 0 Å². The predicted octanol–water partition coefficient (Wildman–Crippen LogP) is 5.67. The second-order valence-electron chi connectivity index (χ2n) is 11.7. The third kappa shape index (κ3) is 3.63. The minimum Gasteiger partial charge on any atom is -0.457 e. The largest absolute Gasteiger partial charge is 0.457 e. The van der Waals surface area contributed by atoms with E-state index in [1.54, 1.807) is 48.5 Å². The summed E-state index contributed by atoms with van der Waals surface area (Å²) in [6.45, 7) is 15.0. The summed E-state index contributed by atoms with van der Waals surface area (Å²) in [6, 6.07) is 14.3. The van der Waals surface area contributed by atoms with Gasteiger partial charge in [0.1, 0.15) is 17.7 Å². The fraction of sp³-hybridized carbons (Fsp3) is 0.538. The molecular formula is C26H37N5O5. The van der Waals surface area contributed by atoms with Crippen LogP contribution in [0.1, 0.15) is 78.8 Å². The maximum absolute atomic E-state index is 11.7. The zero-order chi connectivity index (χ0) is 26.8. The third-order valence-electron chi connectivity index (χ3n) is 8.89. The molecule has 0 aromatic heterocycles. The lowest BCUT2D eigenvalue weighted by Crippen LogP contribution is -2.52. The Morgan fingerprint density at radius 2 is 0.944 bits per heavy atom. The van der Waals surface area contributed by atoms with Crippen LogP contribution in [0, 0.1) is 4.91 Å². The van der Waals surface area contributed by atoms with Crippen LogP contribution < -0.4 is 4.74 Å². The number of hydroxylamine groups is 6. The van der Waals surface area contributed by atoms with Gasteiger partial charge in [-0.2, -0.15) is 15.2 Å². The number of nitrogens with zero attached hydrogens (tertiary/aromatic N) is 5. The molecule has 2 fully saturated rings. The molecule has 36 heavy (non-hydrogen) atoms. The van der Waals surface area contributed by atoms with E-state index in [2.05, 4.69) is 5.29 Å². The van der Waals surface area contributed by atoms with Gasteiger partial charge >= 0.3 is 0 Å². The van der Waals surface area contributed by atoms with Gasteiger partial charge in [0.2, 0.25) is 0 Å². The molecule has 2 heterocycles. The smallest absolute Gasteiger partial charge is 0.151 e. The minimum absolute atomic E-state index is 0.578. The molecule has 2 aromatic rings. The molecule has 2 saturated heterocycles. The highest BCUT2D eigenvalue weighted by atomic mass is 16.6. The highest BCUT2D eigenvalue weighted by Gasteiger charge is 2.59. The minimum atomic E-state index is -0.719. The number of hydrogen-bond acceptors (Lipinski definition) is 9. The van der Waals surface area contributed by atoms with Crippen LogP contribution in [-0.4, -0.2) is 58.0 Å². The SMILES string of the molecule is CC1(C)N(O)C(c2ccc(Oc3ccc(C4N(O)C(C)(C)C(C)(C)N4N=O)cc3)cc2)N(O)C1(C)C. The Morgan fingerprint density at radius 1 is 0.611 bits per heavy atom. The van der Waals surface area contributed by atoms with E-state index in [-0.39, 0.29) is 0 Å². The van der Waals surface area contributed by atoms with Crippen LogP contribution in [-0.2, 0) is 0 Å². The van der Waals surface area contributed by atoms with Crippen molar-refractivity contribution >= 4 is 0 Å². The van der Waals surface area contributed by atoms with Crippen molar-refractivity contribution in [1.29, 1.82) is 0 Å². The highest BCUT2D eigenvalue weighted by molar-refractivity contribution is 5.37. The Hall–Kier alpha value is -2.60. The Bertz CT molecular complexity index is 1100. The van der Waals surface area contributed by atoms with Crippen molar-refractivity contribution in [3.63, 3.8) is 0 Å². The Balaban J connectivity index is 1.51. The van der Waals surface area contributed by atoms with Crippen LogP contribution in [0.25, 0.3) is 0 Å². The molecule has 1 unspecified atom stereocenters. The highest BCUT2D eigenvalue weighted by Crippen LogP contribution is 2.49. The normalized spacial score (nSPS) is 25.9. The summed E-state index contributed by atoms with van der Waals surface area (Å²) in [7, 11) is 0. The van der Waals surface area contributed by atoms with Gasteiger partial charge in [-0.05, 0) is 90.8 Å².